The minimum absolute atomic E-state index is 0.0123. The third-order valence-electron chi connectivity index (χ3n) is 4.73. The van der Waals surface area contributed by atoms with Gasteiger partial charge in [0.05, 0.1) is 16.1 Å². The van der Waals surface area contributed by atoms with E-state index in [1.807, 2.05) is 4.90 Å². The van der Waals surface area contributed by atoms with Crippen LogP contribution in [0.3, 0.4) is 0 Å². The lowest BCUT2D eigenvalue weighted by molar-refractivity contribution is 0.0469. The van der Waals surface area contributed by atoms with Crippen molar-refractivity contribution in [2.75, 3.05) is 32.1 Å². The molecule has 28 heavy (non-hydrogen) atoms. The number of halogens is 1. The molecule has 0 spiro atoms. The van der Waals surface area contributed by atoms with Gasteiger partial charge in [0.1, 0.15) is 12.4 Å². The standard InChI is InChI=1S/C20H23FN2O4S/c1-22(2)28(25,26)16-9-10-19(23-11-5-6-12-23)17(13-16)20(24)27-14-15-7-3-4-8-18(15)21/h3-4,7-10,13H,5-6,11-12,14H2,1-2H3. The van der Waals surface area contributed by atoms with E-state index < -0.39 is 21.8 Å². The summed E-state index contributed by atoms with van der Waals surface area (Å²) in [7, 11) is -0.839. The van der Waals surface area contributed by atoms with Crippen molar-refractivity contribution in [2.45, 2.75) is 24.3 Å². The maximum atomic E-state index is 13.8. The second-order valence-electron chi connectivity index (χ2n) is 6.83. The summed E-state index contributed by atoms with van der Waals surface area (Å²) in [6, 6.07) is 10.5. The number of ether oxygens (including phenoxy) is 1. The van der Waals surface area contributed by atoms with Gasteiger partial charge in [-0.15, -0.1) is 0 Å². The number of rotatable bonds is 6. The molecule has 8 heteroatoms. The molecule has 0 aromatic heterocycles. The highest BCUT2D eigenvalue weighted by Crippen LogP contribution is 2.29. The van der Waals surface area contributed by atoms with E-state index in [1.54, 1.807) is 18.2 Å². The average Bonchev–Trinajstić information content (AvgIpc) is 3.21. The number of hydrogen-bond acceptors (Lipinski definition) is 5. The normalized spacial score (nSPS) is 14.5. The van der Waals surface area contributed by atoms with Crippen LogP contribution >= 0.6 is 0 Å². The third-order valence-corrected chi connectivity index (χ3v) is 6.54. The van der Waals surface area contributed by atoms with Crippen LogP contribution in [0.4, 0.5) is 10.1 Å². The van der Waals surface area contributed by atoms with Crippen LogP contribution in [0.1, 0.15) is 28.8 Å². The largest absolute Gasteiger partial charge is 0.457 e. The summed E-state index contributed by atoms with van der Waals surface area (Å²) < 4.78 is 45.1. The quantitative estimate of drug-likeness (QED) is 0.690. The van der Waals surface area contributed by atoms with E-state index in [0.717, 1.165) is 30.2 Å². The van der Waals surface area contributed by atoms with Gasteiger partial charge in [-0.05, 0) is 37.1 Å². The van der Waals surface area contributed by atoms with Gasteiger partial charge in [-0.25, -0.2) is 21.9 Å². The number of carbonyl (C=O) groups is 1. The van der Waals surface area contributed by atoms with Crippen LogP contribution < -0.4 is 4.90 Å². The second kappa shape index (κ2) is 8.28. The Bertz CT molecular complexity index is 970. The predicted molar refractivity (Wildman–Crippen MR) is 104 cm³/mol. The average molecular weight is 406 g/mol. The lowest BCUT2D eigenvalue weighted by Gasteiger charge is -2.22. The van der Waals surface area contributed by atoms with Crippen molar-refractivity contribution < 1.29 is 22.3 Å². The van der Waals surface area contributed by atoms with E-state index in [9.17, 15) is 17.6 Å². The molecule has 0 amide bonds. The lowest BCUT2D eigenvalue weighted by atomic mass is 10.1. The minimum Gasteiger partial charge on any atom is -0.457 e. The van der Waals surface area contributed by atoms with E-state index in [1.165, 1.54) is 38.4 Å². The molecule has 150 valence electrons. The molecule has 0 N–H and O–H groups in total. The first kappa shape index (κ1) is 20.3. The summed E-state index contributed by atoms with van der Waals surface area (Å²) in [4.78, 5) is 14.8. The Morgan fingerprint density at radius 2 is 1.82 bits per heavy atom. The van der Waals surface area contributed by atoms with Crippen LogP contribution in [-0.2, 0) is 21.4 Å². The van der Waals surface area contributed by atoms with Crippen molar-refractivity contribution in [1.29, 1.82) is 0 Å². The van der Waals surface area contributed by atoms with Gasteiger partial charge in [-0.3, -0.25) is 0 Å². The van der Waals surface area contributed by atoms with Gasteiger partial charge < -0.3 is 9.64 Å². The van der Waals surface area contributed by atoms with Crippen molar-refractivity contribution in [1.82, 2.24) is 4.31 Å². The number of benzene rings is 2. The number of sulfonamides is 1. The number of hydrogen-bond donors (Lipinski definition) is 0. The van der Waals surface area contributed by atoms with E-state index in [0.29, 0.717) is 5.69 Å². The summed E-state index contributed by atoms with van der Waals surface area (Å²) in [6.07, 6.45) is 2.00. The minimum atomic E-state index is -3.70. The van der Waals surface area contributed by atoms with E-state index >= 15 is 0 Å². The van der Waals surface area contributed by atoms with Crippen LogP contribution in [-0.4, -0.2) is 45.9 Å². The van der Waals surface area contributed by atoms with Crippen LogP contribution in [0, 0.1) is 5.82 Å². The molecule has 0 bridgehead atoms. The zero-order valence-electron chi connectivity index (χ0n) is 15.9. The highest BCUT2D eigenvalue weighted by molar-refractivity contribution is 7.89. The van der Waals surface area contributed by atoms with Crippen LogP contribution in [0.15, 0.2) is 47.4 Å². The molecular formula is C20H23FN2O4S. The smallest absolute Gasteiger partial charge is 0.340 e. The number of anilines is 1. The topological polar surface area (TPSA) is 66.9 Å². The molecular weight excluding hydrogens is 383 g/mol. The number of esters is 1. The zero-order valence-corrected chi connectivity index (χ0v) is 16.7. The fourth-order valence-corrected chi connectivity index (χ4v) is 4.05. The Morgan fingerprint density at radius 3 is 2.46 bits per heavy atom. The molecule has 0 saturated carbocycles. The van der Waals surface area contributed by atoms with Crippen molar-refractivity contribution in [3.8, 4) is 0 Å². The maximum absolute atomic E-state index is 13.8. The molecule has 1 aliphatic rings. The molecule has 1 heterocycles. The fourth-order valence-electron chi connectivity index (χ4n) is 3.12. The third kappa shape index (κ3) is 4.18. The molecule has 3 rings (SSSR count). The van der Waals surface area contributed by atoms with Crippen LogP contribution in [0.5, 0.6) is 0 Å². The van der Waals surface area contributed by atoms with E-state index in [-0.39, 0.29) is 22.6 Å². The van der Waals surface area contributed by atoms with Gasteiger partial charge in [-0.2, -0.15) is 0 Å². The number of nitrogens with zero attached hydrogens (tertiary/aromatic N) is 2. The lowest BCUT2D eigenvalue weighted by Crippen LogP contribution is -2.24. The van der Waals surface area contributed by atoms with Crippen molar-refractivity contribution in [2.24, 2.45) is 0 Å². The first-order valence-electron chi connectivity index (χ1n) is 9.03. The Balaban J connectivity index is 1.93. The van der Waals surface area contributed by atoms with Crippen molar-refractivity contribution in [3.63, 3.8) is 0 Å². The Morgan fingerprint density at radius 1 is 1.14 bits per heavy atom. The van der Waals surface area contributed by atoms with Crippen LogP contribution in [0.25, 0.3) is 0 Å². The molecule has 0 atom stereocenters. The summed E-state index contributed by atoms with van der Waals surface area (Å²) in [5.41, 5.74) is 1.06. The molecule has 0 aliphatic carbocycles. The molecule has 2 aromatic rings. The predicted octanol–water partition coefficient (Wildman–Crippen LogP) is 3.03. The fraction of sp³-hybridized carbons (Fsp3) is 0.350. The Labute approximate surface area is 164 Å². The molecule has 1 fully saturated rings. The summed E-state index contributed by atoms with van der Waals surface area (Å²) >= 11 is 0. The highest BCUT2D eigenvalue weighted by atomic mass is 32.2. The van der Waals surface area contributed by atoms with E-state index in [4.69, 9.17) is 4.74 Å². The van der Waals surface area contributed by atoms with Crippen molar-refractivity contribution >= 4 is 21.7 Å². The second-order valence-corrected chi connectivity index (χ2v) is 8.98. The molecule has 1 saturated heterocycles. The molecule has 2 aromatic carbocycles. The Kier molecular flexibility index (Phi) is 6.00. The maximum Gasteiger partial charge on any atom is 0.340 e. The summed E-state index contributed by atoms with van der Waals surface area (Å²) in [5.74, 6) is -1.14. The van der Waals surface area contributed by atoms with Crippen molar-refractivity contribution in [3.05, 3.63) is 59.4 Å². The zero-order chi connectivity index (χ0) is 20.3. The Hall–Kier alpha value is -2.45. The van der Waals surface area contributed by atoms with Gasteiger partial charge in [-0.1, -0.05) is 18.2 Å². The first-order valence-corrected chi connectivity index (χ1v) is 10.5. The van der Waals surface area contributed by atoms with Gasteiger partial charge >= 0.3 is 5.97 Å². The highest BCUT2D eigenvalue weighted by Gasteiger charge is 2.25. The molecule has 0 unspecified atom stereocenters. The summed E-state index contributed by atoms with van der Waals surface area (Å²) in [6.45, 7) is 1.34. The van der Waals surface area contributed by atoms with Gasteiger partial charge in [0.25, 0.3) is 0 Å². The van der Waals surface area contributed by atoms with Gasteiger partial charge in [0.15, 0.2) is 0 Å². The van der Waals surface area contributed by atoms with Gasteiger partial charge in [0.2, 0.25) is 10.0 Å². The van der Waals surface area contributed by atoms with Crippen LogP contribution in [0.2, 0.25) is 0 Å². The summed E-state index contributed by atoms with van der Waals surface area (Å²) in [5, 5.41) is 0. The van der Waals surface area contributed by atoms with E-state index in [2.05, 4.69) is 0 Å². The molecule has 6 nitrogen and oxygen atoms in total. The SMILES string of the molecule is CN(C)S(=O)(=O)c1ccc(N2CCCC2)c(C(=O)OCc2ccccc2F)c1. The molecule has 1 aliphatic heterocycles. The number of carbonyl (C=O) groups excluding carboxylic acids is 1. The molecule has 0 radical (unpaired) electrons. The first-order chi connectivity index (χ1) is 13.3. The monoisotopic (exact) mass is 406 g/mol. The van der Waals surface area contributed by atoms with Gasteiger partial charge in [0, 0.05) is 32.7 Å².